The van der Waals surface area contributed by atoms with Crippen LogP contribution in [0, 0.1) is 11.2 Å². The van der Waals surface area contributed by atoms with Crippen molar-refractivity contribution < 1.29 is 8.81 Å². The maximum Gasteiger partial charge on any atom is 0.226 e. The number of nitrogens with two attached hydrogens (primary N) is 1. The zero-order valence-corrected chi connectivity index (χ0v) is 14.3. The molecule has 1 atom stereocenters. The molecule has 1 aliphatic heterocycles. The van der Waals surface area contributed by atoms with E-state index in [0.717, 1.165) is 37.3 Å². The van der Waals surface area contributed by atoms with E-state index in [0.29, 0.717) is 5.89 Å². The standard InChI is InChI=1S/C17H22FN3O.ClH/c1-17(2)11-21(8-7-15(17)19)9-14-10-22-16(20-14)12-3-5-13(18)6-4-12;/h3-6,10,15H,7-9,11,19H2,1-2H3;1H. The highest BCUT2D eigenvalue weighted by atomic mass is 35.5. The summed E-state index contributed by atoms with van der Waals surface area (Å²) in [5.74, 6) is 0.269. The van der Waals surface area contributed by atoms with Crippen molar-refractivity contribution in [2.45, 2.75) is 32.9 Å². The van der Waals surface area contributed by atoms with Crippen molar-refractivity contribution in [3.8, 4) is 11.5 Å². The van der Waals surface area contributed by atoms with Gasteiger partial charge in [-0.15, -0.1) is 12.4 Å². The van der Waals surface area contributed by atoms with Gasteiger partial charge in [-0.1, -0.05) is 13.8 Å². The number of nitrogens with zero attached hydrogens (tertiary/aromatic N) is 2. The predicted octanol–water partition coefficient (Wildman–Crippen LogP) is 3.46. The Morgan fingerprint density at radius 2 is 2.04 bits per heavy atom. The van der Waals surface area contributed by atoms with Crippen molar-refractivity contribution in [1.82, 2.24) is 9.88 Å². The van der Waals surface area contributed by atoms with Gasteiger partial charge in [0.2, 0.25) is 5.89 Å². The summed E-state index contributed by atoms with van der Waals surface area (Å²) in [7, 11) is 0. The minimum Gasteiger partial charge on any atom is -0.444 e. The zero-order valence-electron chi connectivity index (χ0n) is 13.5. The lowest BCUT2D eigenvalue weighted by Crippen LogP contribution is -2.52. The molecule has 0 amide bonds. The van der Waals surface area contributed by atoms with Crippen LogP contribution >= 0.6 is 12.4 Å². The molecule has 23 heavy (non-hydrogen) atoms. The van der Waals surface area contributed by atoms with E-state index < -0.39 is 0 Å². The van der Waals surface area contributed by atoms with Crippen molar-refractivity contribution in [2.75, 3.05) is 13.1 Å². The van der Waals surface area contributed by atoms with Crippen LogP contribution in [-0.4, -0.2) is 29.0 Å². The topological polar surface area (TPSA) is 55.3 Å². The molecule has 1 aromatic heterocycles. The first-order chi connectivity index (χ1) is 10.4. The number of benzene rings is 1. The lowest BCUT2D eigenvalue weighted by Gasteiger charge is -2.42. The van der Waals surface area contributed by atoms with Crippen LogP contribution in [0.5, 0.6) is 0 Å². The van der Waals surface area contributed by atoms with Crippen LogP contribution < -0.4 is 5.73 Å². The lowest BCUT2D eigenvalue weighted by atomic mass is 9.80. The Bertz CT molecular complexity index is 642. The third-order valence-electron chi connectivity index (χ3n) is 4.42. The number of piperidine rings is 1. The summed E-state index contributed by atoms with van der Waals surface area (Å²) in [4.78, 5) is 6.87. The maximum absolute atomic E-state index is 13.0. The third kappa shape index (κ3) is 4.10. The summed E-state index contributed by atoms with van der Waals surface area (Å²) in [5.41, 5.74) is 7.96. The Hall–Kier alpha value is -1.43. The smallest absolute Gasteiger partial charge is 0.226 e. The number of hydrogen-bond donors (Lipinski definition) is 1. The van der Waals surface area contributed by atoms with Crippen molar-refractivity contribution >= 4 is 12.4 Å². The van der Waals surface area contributed by atoms with Crippen molar-refractivity contribution in [2.24, 2.45) is 11.1 Å². The Labute approximate surface area is 142 Å². The first-order valence-corrected chi connectivity index (χ1v) is 7.62. The van der Waals surface area contributed by atoms with Gasteiger partial charge in [0.1, 0.15) is 12.1 Å². The van der Waals surface area contributed by atoms with Gasteiger partial charge in [0, 0.05) is 31.2 Å². The number of hydrogen-bond acceptors (Lipinski definition) is 4. The fourth-order valence-electron chi connectivity index (χ4n) is 2.95. The van der Waals surface area contributed by atoms with Gasteiger partial charge in [-0.2, -0.15) is 0 Å². The molecule has 2 aromatic rings. The molecule has 2 N–H and O–H groups in total. The van der Waals surface area contributed by atoms with Gasteiger partial charge in [0.15, 0.2) is 0 Å². The largest absolute Gasteiger partial charge is 0.444 e. The number of likely N-dealkylation sites (tertiary alicyclic amines) is 1. The van der Waals surface area contributed by atoms with Crippen LogP contribution in [0.1, 0.15) is 26.0 Å². The fourth-order valence-corrected chi connectivity index (χ4v) is 2.95. The van der Waals surface area contributed by atoms with E-state index >= 15 is 0 Å². The van der Waals surface area contributed by atoms with Gasteiger partial charge in [-0.3, -0.25) is 4.90 Å². The normalized spacial score (nSPS) is 21.0. The van der Waals surface area contributed by atoms with E-state index in [2.05, 4.69) is 23.7 Å². The van der Waals surface area contributed by atoms with E-state index in [1.165, 1.54) is 12.1 Å². The molecule has 1 aliphatic rings. The quantitative estimate of drug-likeness (QED) is 0.930. The Morgan fingerprint density at radius 3 is 2.70 bits per heavy atom. The highest BCUT2D eigenvalue weighted by Gasteiger charge is 2.33. The first-order valence-electron chi connectivity index (χ1n) is 7.62. The Kier molecular flexibility index (Phi) is 5.45. The van der Waals surface area contributed by atoms with Gasteiger partial charge in [0.05, 0.1) is 5.69 Å². The molecule has 3 rings (SSSR count). The monoisotopic (exact) mass is 339 g/mol. The molecule has 1 unspecified atom stereocenters. The SMILES string of the molecule is CC1(C)CN(Cc2coc(-c3ccc(F)cc3)n2)CCC1N.Cl. The molecule has 126 valence electrons. The predicted molar refractivity (Wildman–Crippen MR) is 90.8 cm³/mol. The number of rotatable bonds is 3. The van der Waals surface area contributed by atoms with Crippen LogP contribution in [0.2, 0.25) is 0 Å². The van der Waals surface area contributed by atoms with Crippen molar-refractivity contribution in [3.05, 3.63) is 42.0 Å². The summed E-state index contributed by atoms with van der Waals surface area (Å²) in [6.45, 7) is 7.09. The third-order valence-corrected chi connectivity index (χ3v) is 4.42. The minimum atomic E-state index is -0.262. The summed E-state index contributed by atoms with van der Waals surface area (Å²) >= 11 is 0. The van der Waals surface area contributed by atoms with E-state index in [1.807, 2.05) is 0 Å². The van der Waals surface area contributed by atoms with Gasteiger partial charge >= 0.3 is 0 Å². The summed E-state index contributed by atoms with van der Waals surface area (Å²) < 4.78 is 18.5. The van der Waals surface area contributed by atoms with Gasteiger partial charge in [-0.05, 0) is 36.1 Å². The van der Waals surface area contributed by atoms with Crippen LogP contribution in [0.4, 0.5) is 4.39 Å². The molecule has 0 radical (unpaired) electrons. The summed E-state index contributed by atoms with van der Waals surface area (Å²) in [6, 6.07) is 6.42. The first kappa shape index (κ1) is 17.9. The van der Waals surface area contributed by atoms with Gasteiger partial charge in [-0.25, -0.2) is 9.37 Å². The van der Waals surface area contributed by atoms with Crippen LogP contribution in [0.3, 0.4) is 0 Å². The molecule has 0 spiro atoms. The van der Waals surface area contributed by atoms with E-state index in [-0.39, 0.29) is 29.7 Å². The second-order valence-electron chi connectivity index (χ2n) is 6.75. The average molecular weight is 340 g/mol. The van der Waals surface area contributed by atoms with Gasteiger partial charge in [0.25, 0.3) is 0 Å². The molecule has 0 saturated carbocycles. The molecule has 1 fully saturated rings. The van der Waals surface area contributed by atoms with E-state index in [1.54, 1.807) is 18.4 Å². The molecule has 0 bridgehead atoms. The Balaban J connectivity index is 0.00000192. The Morgan fingerprint density at radius 1 is 1.35 bits per heavy atom. The van der Waals surface area contributed by atoms with Crippen molar-refractivity contribution in [1.29, 1.82) is 0 Å². The molecule has 4 nitrogen and oxygen atoms in total. The van der Waals surface area contributed by atoms with Crippen LogP contribution in [0.25, 0.3) is 11.5 Å². The molecule has 0 aliphatic carbocycles. The fraction of sp³-hybridized carbons (Fsp3) is 0.471. The molecular weight excluding hydrogens is 317 g/mol. The van der Waals surface area contributed by atoms with E-state index in [4.69, 9.17) is 10.2 Å². The maximum atomic E-state index is 13.0. The van der Waals surface area contributed by atoms with Crippen LogP contribution in [0.15, 0.2) is 34.9 Å². The second kappa shape index (κ2) is 6.99. The highest BCUT2D eigenvalue weighted by Crippen LogP contribution is 2.29. The second-order valence-corrected chi connectivity index (χ2v) is 6.75. The number of oxazole rings is 1. The minimum absolute atomic E-state index is 0. The number of aromatic nitrogens is 1. The summed E-state index contributed by atoms with van der Waals surface area (Å²) in [6.07, 6.45) is 2.68. The number of halogens is 2. The molecule has 1 saturated heterocycles. The lowest BCUT2D eigenvalue weighted by molar-refractivity contribution is 0.0889. The van der Waals surface area contributed by atoms with Gasteiger partial charge < -0.3 is 10.2 Å². The molecular formula is C17H23ClFN3O. The summed E-state index contributed by atoms with van der Waals surface area (Å²) in [5, 5.41) is 0. The zero-order chi connectivity index (χ0) is 15.7. The highest BCUT2D eigenvalue weighted by molar-refractivity contribution is 5.85. The molecule has 2 heterocycles. The molecule has 6 heteroatoms. The molecule has 1 aromatic carbocycles. The average Bonchev–Trinajstić information content (AvgIpc) is 2.92. The van der Waals surface area contributed by atoms with Crippen molar-refractivity contribution in [3.63, 3.8) is 0 Å². The van der Waals surface area contributed by atoms with E-state index in [9.17, 15) is 4.39 Å². The van der Waals surface area contributed by atoms with Crippen LogP contribution in [-0.2, 0) is 6.54 Å².